The van der Waals surface area contributed by atoms with Gasteiger partial charge < -0.3 is 14.8 Å². The van der Waals surface area contributed by atoms with Gasteiger partial charge in [-0.2, -0.15) is 0 Å². The number of hydrogen-bond acceptors (Lipinski definition) is 4. The van der Waals surface area contributed by atoms with Crippen LogP contribution in [0.2, 0.25) is 0 Å². The van der Waals surface area contributed by atoms with Crippen molar-refractivity contribution < 1.29 is 14.3 Å². The van der Waals surface area contributed by atoms with E-state index in [1.165, 1.54) is 11.1 Å². The number of carbonyl (C=O) groups is 1. The van der Waals surface area contributed by atoms with E-state index in [0.29, 0.717) is 12.5 Å². The Morgan fingerprint density at radius 1 is 1.07 bits per heavy atom. The second kappa shape index (κ2) is 8.65. The standard InChI is InChI=1S/C23H30N2O3/c1-16(2)18-7-5-17(6-8-18)11-12-24-22(26)14-25-23(3,4)19-9-10-20-21(13-19)28-15-27-20/h5-10,13,16,25H,11-12,14-15H2,1-4H3,(H,24,26). The van der Waals surface area contributed by atoms with E-state index in [4.69, 9.17) is 9.47 Å². The van der Waals surface area contributed by atoms with Gasteiger partial charge in [-0.3, -0.25) is 10.1 Å². The van der Waals surface area contributed by atoms with Gasteiger partial charge in [0.05, 0.1) is 6.54 Å². The monoisotopic (exact) mass is 382 g/mol. The third-order valence-electron chi connectivity index (χ3n) is 5.17. The minimum absolute atomic E-state index is 0.00683. The Labute approximate surface area is 167 Å². The van der Waals surface area contributed by atoms with E-state index in [0.717, 1.165) is 23.5 Å². The summed E-state index contributed by atoms with van der Waals surface area (Å²) in [6, 6.07) is 14.5. The van der Waals surface area contributed by atoms with Crippen molar-refractivity contribution in [2.75, 3.05) is 19.9 Å². The first-order valence-electron chi connectivity index (χ1n) is 9.86. The zero-order valence-electron chi connectivity index (χ0n) is 17.2. The van der Waals surface area contributed by atoms with Gasteiger partial charge in [0.25, 0.3) is 0 Å². The summed E-state index contributed by atoms with van der Waals surface area (Å²) in [7, 11) is 0. The zero-order chi connectivity index (χ0) is 20.1. The molecule has 0 atom stereocenters. The van der Waals surface area contributed by atoms with Gasteiger partial charge in [-0.05, 0) is 55.0 Å². The lowest BCUT2D eigenvalue weighted by Crippen LogP contribution is -2.43. The van der Waals surface area contributed by atoms with Crippen molar-refractivity contribution in [3.8, 4) is 11.5 Å². The molecule has 28 heavy (non-hydrogen) atoms. The van der Waals surface area contributed by atoms with Crippen molar-refractivity contribution in [3.63, 3.8) is 0 Å². The fraction of sp³-hybridized carbons (Fsp3) is 0.435. The number of ether oxygens (including phenoxy) is 2. The van der Waals surface area contributed by atoms with Gasteiger partial charge in [-0.1, -0.05) is 44.2 Å². The second-order valence-corrected chi connectivity index (χ2v) is 8.04. The Morgan fingerprint density at radius 3 is 2.50 bits per heavy atom. The molecule has 0 spiro atoms. The molecule has 2 aromatic rings. The van der Waals surface area contributed by atoms with E-state index in [2.05, 4.69) is 48.7 Å². The molecule has 1 aliphatic heterocycles. The smallest absolute Gasteiger partial charge is 0.233 e. The molecule has 0 aromatic heterocycles. The highest BCUT2D eigenvalue weighted by atomic mass is 16.7. The molecule has 0 unspecified atom stereocenters. The molecular formula is C23H30N2O3. The summed E-state index contributed by atoms with van der Waals surface area (Å²) in [4.78, 5) is 12.2. The number of hydrogen-bond donors (Lipinski definition) is 2. The van der Waals surface area contributed by atoms with Crippen molar-refractivity contribution >= 4 is 5.91 Å². The molecule has 0 aliphatic carbocycles. The first-order valence-corrected chi connectivity index (χ1v) is 9.86. The predicted molar refractivity (Wildman–Crippen MR) is 111 cm³/mol. The predicted octanol–water partition coefficient (Wildman–Crippen LogP) is 3.72. The summed E-state index contributed by atoms with van der Waals surface area (Å²) in [5.74, 6) is 2.04. The van der Waals surface area contributed by atoms with Crippen LogP contribution in [0.3, 0.4) is 0 Å². The molecule has 1 heterocycles. The van der Waals surface area contributed by atoms with Crippen LogP contribution in [0.1, 0.15) is 50.3 Å². The third kappa shape index (κ3) is 5.04. The lowest BCUT2D eigenvalue weighted by Gasteiger charge is -2.27. The molecule has 2 N–H and O–H groups in total. The van der Waals surface area contributed by atoms with Crippen molar-refractivity contribution in [2.24, 2.45) is 0 Å². The molecule has 150 valence electrons. The van der Waals surface area contributed by atoms with E-state index in [1.807, 2.05) is 32.0 Å². The topological polar surface area (TPSA) is 59.6 Å². The van der Waals surface area contributed by atoms with Gasteiger partial charge in [-0.15, -0.1) is 0 Å². The van der Waals surface area contributed by atoms with Crippen LogP contribution in [0.25, 0.3) is 0 Å². The molecule has 3 rings (SSSR count). The minimum atomic E-state index is -0.356. The maximum atomic E-state index is 12.2. The van der Waals surface area contributed by atoms with Crippen LogP contribution < -0.4 is 20.1 Å². The van der Waals surface area contributed by atoms with Gasteiger partial charge in [0.1, 0.15) is 0 Å². The molecule has 2 aromatic carbocycles. The van der Waals surface area contributed by atoms with Gasteiger partial charge in [0, 0.05) is 12.1 Å². The van der Waals surface area contributed by atoms with Gasteiger partial charge >= 0.3 is 0 Å². The van der Waals surface area contributed by atoms with Crippen molar-refractivity contribution in [1.82, 2.24) is 10.6 Å². The van der Waals surface area contributed by atoms with Crippen LogP contribution in [0.4, 0.5) is 0 Å². The summed E-state index contributed by atoms with van der Waals surface area (Å²) in [5.41, 5.74) is 3.27. The quantitative estimate of drug-likeness (QED) is 0.730. The summed E-state index contributed by atoms with van der Waals surface area (Å²) in [6.07, 6.45) is 0.829. The fourth-order valence-electron chi connectivity index (χ4n) is 3.17. The van der Waals surface area contributed by atoms with E-state index in [-0.39, 0.29) is 24.8 Å². The Balaban J connectivity index is 1.44. The maximum Gasteiger partial charge on any atom is 0.233 e. The molecule has 0 radical (unpaired) electrons. The number of amides is 1. The Hall–Kier alpha value is -2.53. The van der Waals surface area contributed by atoms with Crippen LogP contribution in [-0.4, -0.2) is 25.8 Å². The average Bonchev–Trinajstić information content (AvgIpc) is 3.15. The third-order valence-corrected chi connectivity index (χ3v) is 5.17. The molecule has 0 saturated carbocycles. The first kappa shape index (κ1) is 20.2. The van der Waals surface area contributed by atoms with E-state index < -0.39 is 0 Å². The molecular weight excluding hydrogens is 352 g/mol. The Kier molecular flexibility index (Phi) is 6.25. The van der Waals surface area contributed by atoms with Crippen molar-refractivity contribution in [2.45, 2.75) is 45.6 Å². The van der Waals surface area contributed by atoms with Gasteiger partial charge in [0.2, 0.25) is 12.7 Å². The summed E-state index contributed by atoms with van der Waals surface area (Å²) < 4.78 is 10.8. The molecule has 0 fully saturated rings. The first-order chi connectivity index (χ1) is 13.3. The number of rotatable bonds is 8. The molecule has 0 saturated heterocycles. The second-order valence-electron chi connectivity index (χ2n) is 8.04. The SMILES string of the molecule is CC(C)c1ccc(CCNC(=O)CNC(C)(C)c2ccc3c(c2)OCO3)cc1. The highest BCUT2D eigenvalue weighted by Gasteiger charge is 2.24. The van der Waals surface area contributed by atoms with Crippen LogP contribution in [-0.2, 0) is 16.8 Å². The summed E-state index contributed by atoms with van der Waals surface area (Å²) in [6.45, 7) is 9.62. The highest BCUT2D eigenvalue weighted by molar-refractivity contribution is 5.78. The minimum Gasteiger partial charge on any atom is -0.454 e. The molecule has 5 heteroatoms. The number of fused-ring (bicyclic) bond motifs is 1. The molecule has 1 aliphatic rings. The number of carbonyl (C=O) groups excluding carboxylic acids is 1. The van der Waals surface area contributed by atoms with Crippen LogP contribution in [0, 0.1) is 0 Å². The number of nitrogens with one attached hydrogen (secondary N) is 2. The van der Waals surface area contributed by atoms with E-state index in [1.54, 1.807) is 0 Å². The van der Waals surface area contributed by atoms with Crippen LogP contribution in [0.5, 0.6) is 11.5 Å². The number of benzene rings is 2. The lowest BCUT2D eigenvalue weighted by atomic mass is 9.94. The Morgan fingerprint density at radius 2 is 1.79 bits per heavy atom. The average molecular weight is 383 g/mol. The van der Waals surface area contributed by atoms with Crippen LogP contribution in [0.15, 0.2) is 42.5 Å². The van der Waals surface area contributed by atoms with Crippen LogP contribution >= 0.6 is 0 Å². The molecule has 1 amide bonds. The molecule has 0 bridgehead atoms. The maximum absolute atomic E-state index is 12.2. The zero-order valence-corrected chi connectivity index (χ0v) is 17.2. The molecule has 5 nitrogen and oxygen atoms in total. The summed E-state index contributed by atoms with van der Waals surface area (Å²) >= 11 is 0. The van der Waals surface area contributed by atoms with Gasteiger partial charge in [0.15, 0.2) is 11.5 Å². The van der Waals surface area contributed by atoms with E-state index >= 15 is 0 Å². The van der Waals surface area contributed by atoms with Crippen molar-refractivity contribution in [1.29, 1.82) is 0 Å². The summed E-state index contributed by atoms with van der Waals surface area (Å²) in [5, 5.41) is 6.31. The normalized spacial score (nSPS) is 13.0. The van der Waals surface area contributed by atoms with Crippen molar-refractivity contribution in [3.05, 3.63) is 59.2 Å². The van der Waals surface area contributed by atoms with E-state index in [9.17, 15) is 4.79 Å². The lowest BCUT2D eigenvalue weighted by molar-refractivity contribution is -0.120. The largest absolute Gasteiger partial charge is 0.454 e. The fourth-order valence-corrected chi connectivity index (χ4v) is 3.17. The van der Waals surface area contributed by atoms with Gasteiger partial charge in [-0.25, -0.2) is 0 Å². The Bertz CT molecular complexity index is 813. The highest BCUT2D eigenvalue weighted by Crippen LogP contribution is 2.35.